The molecule has 1 saturated heterocycles. The third-order valence-electron chi connectivity index (χ3n) is 5.84. The van der Waals surface area contributed by atoms with Gasteiger partial charge in [0.25, 0.3) is 0 Å². The molecule has 3 amide bonds. The molecule has 6 heteroatoms. The number of rotatable bonds is 5. The molecule has 2 atom stereocenters. The van der Waals surface area contributed by atoms with E-state index in [0.29, 0.717) is 18.8 Å². The number of carbonyl (C=O) groups excluding carboxylic acids is 2. The first kappa shape index (κ1) is 20.5. The molecule has 0 spiro atoms. The number of nitrogens with zero attached hydrogens (tertiary/aromatic N) is 2. The zero-order chi connectivity index (χ0) is 21.4. The van der Waals surface area contributed by atoms with Crippen LogP contribution >= 0.6 is 11.8 Å². The number of urea groups is 1. The molecule has 30 heavy (non-hydrogen) atoms. The third kappa shape index (κ3) is 3.49. The first-order valence-corrected chi connectivity index (χ1v) is 11.1. The molecule has 2 aliphatic rings. The first-order chi connectivity index (χ1) is 14.4. The van der Waals surface area contributed by atoms with Crippen molar-refractivity contribution in [1.82, 2.24) is 4.90 Å². The van der Waals surface area contributed by atoms with E-state index in [-0.39, 0.29) is 23.2 Å². The topological polar surface area (TPSA) is 49.9 Å². The number of amides is 3. The zero-order valence-electron chi connectivity index (χ0n) is 17.7. The summed E-state index contributed by atoms with van der Waals surface area (Å²) in [6.07, 6.45) is 0. The van der Waals surface area contributed by atoms with Gasteiger partial charge in [-0.15, -0.1) is 11.8 Å². The highest BCUT2D eigenvalue weighted by molar-refractivity contribution is 8.03. The number of benzene rings is 2. The van der Waals surface area contributed by atoms with E-state index in [0.717, 1.165) is 27.4 Å². The van der Waals surface area contributed by atoms with Gasteiger partial charge in [0, 0.05) is 6.54 Å². The van der Waals surface area contributed by atoms with E-state index in [2.05, 4.69) is 0 Å². The van der Waals surface area contributed by atoms with Crippen molar-refractivity contribution in [3.8, 4) is 5.75 Å². The molecule has 2 aliphatic heterocycles. The molecule has 0 aromatic heterocycles. The first-order valence-electron chi connectivity index (χ1n) is 10.2. The van der Waals surface area contributed by atoms with Gasteiger partial charge in [-0.1, -0.05) is 24.3 Å². The summed E-state index contributed by atoms with van der Waals surface area (Å²) in [5.74, 6) is 0.233. The number of imide groups is 1. The summed E-state index contributed by atoms with van der Waals surface area (Å²) in [6, 6.07) is 15.0. The van der Waals surface area contributed by atoms with Crippen LogP contribution < -0.4 is 9.64 Å². The molecule has 1 fully saturated rings. The van der Waals surface area contributed by atoms with Crippen LogP contribution in [0.4, 0.5) is 10.5 Å². The average Bonchev–Trinajstić information content (AvgIpc) is 3.03. The SMILES string of the molecule is CCOc1ccc(N2C(=O)C3C(C)=C(C)SC3N(Cc3ccccc3C)C2=O)cc1. The van der Waals surface area contributed by atoms with Crippen molar-refractivity contribution in [3.63, 3.8) is 0 Å². The number of allylic oxidation sites excluding steroid dienone is 1. The Balaban J connectivity index is 1.72. The van der Waals surface area contributed by atoms with Crippen LogP contribution in [0.5, 0.6) is 5.75 Å². The molecule has 0 saturated carbocycles. The Morgan fingerprint density at radius 1 is 1.00 bits per heavy atom. The molecule has 2 aromatic carbocycles. The molecule has 0 N–H and O–H groups in total. The summed E-state index contributed by atoms with van der Waals surface area (Å²) in [5.41, 5.74) is 3.85. The van der Waals surface area contributed by atoms with Gasteiger partial charge >= 0.3 is 6.03 Å². The molecule has 0 bridgehead atoms. The number of anilines is 1. The Labute approximate surface area is 181 Å². The molecular weight excluding hydrogens is 396 g/mol. The van der Waals surface area contributed by atoms with Crippen LogP contribution in [0.2, 0.25) is 0 Å². The summed E-state index contributed by atoms with van der Waals surface area (Å²) in [6.45, 7) is 9.04. The fraction of sp³-hybridized carbons (Fsp3) is 0.333. The van der Waals surface area contributed by atoms with Gasteiger partial charge in [0.05, 0.1) is 23.6 Å². The molecule has 5 nitrogen and oxygen atoms in total. The lowest BCUT2D eigenvalue weighted by molar-refractivity contribution is -0.122. The summed E-state index contributed by atoms with van der Waals surface area (Å²) in [4.78, 5) is 31.3. The number of carbonyl (C=O) groups is 2. The van der Waals surface area contributed by atoms with E-state index in [1.54, 1.807) is 36.0 Å². The van der Waals surface area contributed by atoms with Crippen molar-refractivity contribution in [1.29, 1.82) is 0 Å². The molecule has 0 aliphatic carbocycles. The number of aryl methyl sites for hydroxylation is 1. The Morgan fingerprint density at radius 2 is 1.70 bits per heavy atom. The van der Waals surface area contributed by atoms with Crippen molar-refractivity contribution in [2.45, 2.75) is 39.6 Å². The Kier molecular flexibility index (Phi) is 5.60. The lowest BCUT2D eigenvalue weighted by Crippen LogP contribution is -2.60. The predicted molar refractivity (Wildman–Crippen MR) is 120 cm³/mol. The van der Waals surface area contributed by atoms with E-state index >= 15 is 0 Å². The predicted octanol–water partition coefficient (Wildman–Crippen LogP) is 5.35. The maximum atomic E-state index is 13.6. The number of fused-ring (bicyclic) bond motifs is 1. The van der Waals surface area contributed by atoms with Gasteiger partial charge in [-0.2, -0.15) is 0 Å². The second-order valence-corrected chi connectivity index (χ2v) is 8.99. The third-order valence-corrected chi connectivity index (χ3v) is 7.29. The van der Waals surface area contributed by atoms with Crippen molar-refractivity contribution in [2.75, 3.05) is 11.5 Å². The zero-order valence-corrected chi connectivity index (χ0v) is 18.5. The Hall–Kier alpha value is -2.73. The highest BCUT2D eigenvalue weighted by atomic mass is 32.2. The quantitative estimate of drug-likeness (QED) is 0.652. The van der Waals surface area contributed by atoms with Crippen molar-refractivity contribution >= 4 is 29.4 Å². The van der Waals surface area contributed by atoms with E-state index in [1.807, 2.05) is 56.9 Å². The average molecular weight is 423 g/mol. The maximum absolute atomic E-state index is 13.6. The number of ether oxygens (including phenoxy) is 1. The van der Waals surface area contributed by atoms with Crippen LogP contribution in [0.25, 0.3) is 0 Å². The minimum atomic E-state index is -0.330. The van der Waals surface area contributed by atoms with Gasteiger partial charge < -0.3 is 9.64 Å². The minimum Gasteiger partial charge on any atom is -0.494 e. The van der Waals surface area contributed by atoms with Gasteiger partial charge in [-0.05, 0) is 73.6 Å². The van der Waals surface area contributed by atoms with Crippen LogP contribution in [-0.2, 0) is 11.3 Å². The van der Waals surface area contributed by atoms with Gasteiger partial charge in [0.2, 0.25) is 5.91 Å². The monoisotopic (exact) mass is 422 g/mol. The molecule has 2 heterocycles. The number of hydrogen-bond acceptors (Lipinski definition) is 4. The number of hydrogen-bond donors (Lipinski definition) is 0. The Bertz CT molecular complexity index is 1020. The van der Waals surface area contributed by atoms with Gasteiger partial charge in [0.1, 0.15) is 5.75 Å². The Morgan fingerprint density at radius 3 is 2.37 bits per heavy atom. The largest absolute Gasteiger partial charge is 0.494 e. The van der Waals surface area contributed by atoms with Gasteiger partial charge in [-0.3, -0.25) is 4.79 Å². The fourth-order valence-corrected chi connectivity index (χ4v) is 5.44. The maximum Gasteiger partial charge on any atom is 0.332 e. The summed E-state index contributed by atoms with van der Waals surface area (Å²) in [7, 11) is 0. The van der Waals surface area contributed by atoms with E-state index in [9.17, 15) is 9.59 Å². The van der Waals surface area contributed by atoms with Gasteiger partial charge in [0.15, 0.2) is 0 Å². The molecule has 2 unspecified atom stereocenters. The van der Waals surface area contributed by atoms with Crippen LogP contribution in [0.1, 0.15) is 31.9 Å². The van der Waals surface area contributed by atoms with E-state index in [1.165, 1.54) is 4.90 Å². The van der Waals surface area contributed by atoms with Crippen molar-refractivity contribution in [2.24, 2.45) is 5.92 Å². The van der Waals surface area contributed by atoms with Crippen molar-refractivity contribution in [3.05, 3.63) is 70.1 Å². The smallest absolute Gasteiger partial charge is 0.332 e. The second-order valence-electron chi connectivity index (χ2n) is 7.66. The van der Waals surface area contributed by atoms with Gasteiger partial charge in [-0.25, -0.2) is 9.69 Å². The van der Waals surface area contributed by atoms with E-state index < -0.39 is 0 Å². The normalized spacial score (nSPS) is 21.3. The number of thioether (sulfide) groups is 1. The highest BCUT2D eigenvalue weighted by Crippen LogP contribution is 2.48. The van der Waals surface area contributed by atoms with Crippen molar-refractivity contribution < 1.29 is 14.3 Å². The molecule has 0 radical (unpaired) electrons. The molecular formula is C24H26N2O3S. The van der Waals surface area contributed by atoms with Crippen LogP contribution in [0.15, 0.2) is 59.0 Å². The molecule has 156 valence electrons. The molecule has 4 rings (SSSR count). The fourth-order valence-electron chi connectivity index (χ4n) is 4.02. The summed E-state index contributed by atoms with van der Waals surface area (Å²) in [5, 5.41) is -0.205. The summed E-state index contributed by atoms with van der Waals surface area (Å²) < 4.78 is 5.51. The van der Waals surface area contributed by atoms with Crippen LogP contribution in [0, 0.1) is 12.8 Å². The standard InChI is InChI=1S/C24H26N2O3S/c1-5-29-20-12-10-19(11-13-20)26-22(27)21-16(3)17(4)30-23(21)25(24(26)28)14-18-9-7-6-8-15(18)2/h6-13,21,23H,5,14H2,1-4H3. The molecule has 2 aromatic rings. The lowest BCUT2D eigenvalue weighted by atomic mass is 9.95. The van der Waals surface area contributed by atoms with Crippen LogP contribution in [0.3, 0.4) is 0 Å². The van der Waals surface area contributed by atoms with Crippen LogP contribution in [-0.4, -0.2) is 28.8 Å². The van der Waals surface area contributed by atoms with E-state index in [4.69, 9.17) is 4.74 Å². The second kappa shape index (κ2) is 8.19. The highest BCUT2D eigenvalue weighted by Gasteiger charge is 2.51. The lowest BCUT2D eigenvalue weighted by Gasteiger charge is -2.42. The summed E-state index contributed by atoms with van der Waals surface area (Å²) >= 11 is 1.62. The minimum absolute atomic E-state index is 0.156.